The van der Waals surface area contributed by atoms with Gasteiger partial charge < -0.3 is 86.2 Å². The lowest BCUT2D eigenvalue weighted by molar-refractivity contribution is -0.142. The van der Waals surface area contributed by atoms with Gasteiger partial charge in [0.2, 0.25) is 5.91 Å². The predicted molar refractivity (Wildman–Crippen MR) is 325 cm³/mol. The van der Waals surface area contributed by atoms with Gasteiger partial charge in [-0.15, -0.1) is 0 Å². The number of carboxylic acids is 1. The molecule has 2 N–H and O–H groups in total. The fourth-order valence-corrected chi connectivity index (χ4v) is 6.42. The summed E-state index contributed by atoms with van der Waals surface area (Å²) in [4.78, 5) is 80.9. The van der Waals surface area contributed by atoms with Crippen molar-refractivity contribution in [3.63, 3.8) is 0 Å². The topological polar surface area (TPSA) is 299 Å². The molecule has 1 atom stereocenters. The van der Waals surface area contributed by atoms with E-state index in [0.717, 1.165) is 6.42 Å². The van der Waals surface area contributed by atoms with E-state index >= 15 is 0 Å². The molecule has 1 amide bonds. The van der Waals surface area contributed by atoms with Crippen molar-refractivity contribution in [2.45, 2.75) is 139 Å². The van der Waals surface area contributed by atoms with Crippen LogP contribution in [-0.4, -0.2) is 263 Å². The Morgan fingerprint density at radius 1 is 0.322 bits per heavy atom. The van der Waals surface area contributed by atoms with E-state index in [1.807, 2.05) is 48.5 Å². The minimum atomic E-state index is -1.16. The number of carbonyl (C=O) groups excluding carboxylic acids is 6. The van der Waals surface area contributed by atoms with E-state index in [-0.39, 0.29) is 93.2 Å². The molecule has 0 saturated heterocycles. The van der Waals surface area contributed by atoms with Crippen molar-refractivity contribution >= 4 is 40.8 Å². The number of nitrogens with one attached hydrogen (secondary N) is 1. The van der Waals surface area contributed by atoms with E-state index in [2.05, 4.69) is 5.32 Å². The van der Waals surface area contributed by atoms with Gasteiger partial charge >= 0.3 is 5.97 Å². The summed E-state index contributed by atoms with van der Waals surface area (Å²) < 4.78 is 86.8. The third-order valence-corrected chi connectivity index (χ3v) is 11.8. The van der Waals surface area contributed by atoms with Crippen molar-refractivity contribution in [3.8, 4) is 0 Å². The summed E-state index contributed by atoms with van der Waals surface area (Å²) in [5.74, 6) is -1.13. The monoisotopic (exact) mass is 1260 g/mol. The molecule has 0 aromatic rings. The van der Waals surface area contributed by atoms with E-state index in [1.54, 1.807) is 6.92 Å². The fraction of sp³-hybridized carbons (Fsp3) is 0.887. The van der Waals surface area contributed by atoms with Crippen LogP contribution in [0, 0.1) is 10.8 Å². The molecule has 0 aliphatic carbocycles. The number of aliphatic carboxylic acids is 1. The average molecular weight is 1260 g/mol. The first-order valence-electron chi connectivity index (χ1n) is 30.7. The molecule has 0 rings (SSSR count). The molecule has 25 nitrogen and oxygen atoms in total. The summed E-state index contributed by atoms with van der Waals surface area (Å²) in [5, 5.41) is 11.5. The van der Waals surface area contributed by atoms with Crippen LogP contribution in [-0.2, 0) is 109 Å². The highest BCUT2D eigenvalue weighted by Crippen LogP contribution is 2.16. The highest BCUT2D eigenvalue weighted by molar-refractivity contribution is 5.85. The second-order valence-corrected chi connectivity index (χ2v) is 21.4. The quantitative estimate of drug-likeness (QED) is 0.0689. The van der Waals surface area contributed by atoms with Crippen LogP contribution in [0.2, 0.25) is 0 Å². The Hall–Kier alpha value is -3.35. The Balaban J connectivity index is -0.00000167. The first kappa shape index (κ1) is 87.9. The summed E-state index contributed by atoms with van der Waals surface area (Å²) in [6, 6.07) is -1.06. The van der Waals surface area contributed by atoms with Crippen LogP contribution in [0.25, 0.3) is 0 Å². The van der Waals surface area contributed by atoms with E-state index in [1.165, 1.54) is 0 Å². The lowest BCUT2D eigenvalue weighted by Gasteiger charge is -2.16. The number of carbonyl (C=O) groups is 7. The molecule has 0 spiro atoms. The molecule has 0 bridgehead atoms. The van der Waals surface area contributed by atoms with Crippen LogP contribution in [0.4, 0.5) is 0 Å². The lowest BCUT2D eigenvalue weighted by Crippen LogP contribution is -2.40. The maximum atomic E-state index is 11.9. The van der Waals surface area contributed by atoms with Crippen molar-refractivity contribution < 1.29 is 114 Å². The molecule has 25 heteroatoms. The predicted octanol–water partition coefficient (Wildman–Crippen LogP) is 5.71. The van der Waals surface area contributed by atoms with Gasteiger partial charge in [0.25, 0.3) is 0 Å². The number of amides is 1. The van der Waals surface area contributed by atoms with Crippen molar-refractivity contribution in [3.05, 3.63) is 0 Å². The molecule has 87 heavy (non-hydrogen) atoms. The highest BCUT2D eigenvalue weighted by Gasteiger charge is 2.22. The molecule has 0 aromatic heterocycles. The van der Waals surface area contributed by atoms with Crippen LogP contribution in [0.15, 0.2) is 0 Å². The first-order chi connectivity index (χ1) is 41.3. The van der Waals surface area contributed by atoms with Gasteiger partial charge in [-0.2, -0.15) is 0 Å². The van der Waals surface area contributed by atoms with Crippen LogP contribution in [0.5, 0.6) is 0 Å². The molecular weight excluding hydrogens is 1140 g/mol. The Kier molecular flexibility index (Phi) is 64.8. The van der Waals surface area contributed by atoms with Gasteiger partial charge in [-0.05, 0) is 25.7 Å². The minimum absolute atomic E-state index is 0. The number of rotatable bonds is 65. The smallest absolute Gasteiger partial charge is 0.326 e. The van der Waals surface area contributed by atoms with Crippen LogP contribution in [0.1, 0.15) is 133 Å². The summed E-state index contributed by atoms with van der Waals surface area (Å²) >= 11 is 0. The number of carboxylic acid groups (broad SMARTS) is 1. The zero-order valence-electron chi connectivity index (χ0n) is 53.8. The van der Waals surface area contributed by atoms with Crippen molar-refractivity contribution in [1.82, 2.24) is 5.32 Å². The number of hydrogen-bond donors (Lipinski definition) is 2. The maximum Gasteiger partial charge on any atom is 0.326 e. The molecule has 0 heterocycles. The number of ketones is 5. The van der Waals surface area contributed by atoms with Gasteiger partial charge in [0, 0.05) is 75.6 Å². The van der Waals surface area contributed by atoms with Crippen molar-refractivity contribution in [1.29, 1.82) is 0 Å². The van der Waals surface area contributed by atoms with E-state index in [0.29, 0.717) is 230 Å². The van der Waals surface area contributed by atoms with Gasteiger partial charge in [0.15, 0.2) is 11.6 Å². The van der Waals surface area contributed by atoms with Crippen LogP contribution >= 0.6 is 0 Å². The Bertz CT molecular complexity index is 1640. The number of hydrogen-bond acceptors (Lipinski definition) is 23. The molecule has 0 aromatic carbocycles. The molecule has 514 valence electrons. The van der Waals surface area contributed by atoms with Crippen molar-refractivity contribution in [2.24, 2.45) is 10.8 Å². The van der Waals surface area contributed by atoms with Crippen LogP contribution < -0.4 is 5.32 Å². The lowest BCUT2D eigenvalue weighted by atomic mass is 9.89. The van der Waals surface area contributed by atoms with E-state index < -0.39 is 17.4 Å². The second kappa shape index (κ2) is 64.2. The van der Waals surface area contributed by atoms with Gasteiger partial charge in [-0.25, -0.2) is 4.79 Å². The minimum Gasteiger partial charge on any atom is -0.480 e. The summed E-state index contributed by atoms with van der Waals surface area (Å²) in [5.41, 5.74) is -0.730. The Labute approximate surface area is 520 Å². The summed E-state index contributed by atoms with van der Waals surface area (Å²) in [6.45, 7) is 28.8. The Morgan fingerprint density at radius 2 is 0.598 bits per heavy atom. The zero-order chi connectivity index (χ0) is 64.0. The highest BCUT2D eigenvalue weighted by atomic mass is 16.6. The van der Waals surface area contributed by atoms with Gasteiger partial charge in [-0.1, -0.05) is 62.8 Å². The molecule has 0 aliphatic rings. The molecule has 0 unspecified atom stereocenters. The SMILES string of the molecule is C.CCC(=O)CCCOCCOCCOCCOCCOCCOCCOCCOCCOCCOCCOCCOCCC(=O)C(C)(C)C.CCC(=O)N[C@@H](CCC(=O)CCCOCCOCC(=O)CCCOCCOCC(=O)C(C)(C)C)C(=O)O. The molecule has 0 saturated carbocycles. The number of ether oxygens (including phenoxy) is 16. The third-order valence-electron chi connectivity index (χ3n) is 11.8. The number of Topliss-reactive ketones (excluding diaryl/α,β-unsaturated/α-hetero) is 5. The second-order valence-electron chi connectivity index (χ2n) is 21.4. The maximum absolute atomic E-state index is 11.9. The third kappa shape index (κ3) is 66.9. The van der Waals surface area contributed by atoms with Gasteiger partial charge in [0.05, 0.1) is 178 Å². The van der Waals surface area contributed by atoms with E-state index in [9.17, 15) is 33.6 Å². The summed E-state index contributed by atoms with van der Waals surface area (Å²) in [7, 11) is 0. The van der Waals surface area contributed by atoms with Crippen LogP contribution in [0.3, 0.4) is 0 Å². The summed E-state index contributed by atoms with van der Waals surface area (Å²) in [6.07, 6.45) is 4.36. The molecule has 0 radical (unpaired) electrons. The zero-order valence-corrected chi connectivity index (χ0v) is 53.8. The molecular formula is C62H117NO24. The average Bonchev–Trinajstić information content (AvgIpc) is 3.49. The van der Waals surface area contributed by atoms with Gasteiger partial charge in [-0.3, -0.25) is 28.8 Å². The largest absolute Gasteiger partial charge is 0.480 e. The van der Waals surface area contributed by atoms with Gasteiger partial charge in [0.1, 0.15) is 36.6 Å². The first-order valence-corrected chi connectivity index (χ1v) is 30.7. The fourth-order valence-electron chi connectivity index (χ4n) is 6.42. The molecule has 0 fully saturated rings. The Morgan fingerprint density at radius 3 is 0.897 bits per heavy atom. The van der Waals surface area contributed by atoms with E-state index in [4.69, 9.17) is 80.9 Å². The standard InChI is InChI=1S/C35H68O14.C26H45NO10.CH4/c1-5-33(36)7-6-9-38-11-13-40-15-17-42-19-21-44-23-25-46-27-29-48-31-32-49-30-28-47-26-24-45-22-20-43-18-16-41-14-12-39-10-8-34(37)35(2,3)4;1-5-24(31)27-22(25(32)33)11-10-20(28)8-6-12-34-14-16-36-18-21(29)9-7-13-35-15-17-37-19-23(30)26(2,3)4;/h5-32H2,1-4H3;22H,5-19H2,1-4H3,(H,27,31)(H,32,33);1H4/t;22-;/m.0./s1. The van der Waals surface area contributed by atoms with Crippen molar-refractivity contribution in [2.75, 3.05) is 211 Å². The normalized spacial score (nSPS) is 11.9. The molecule has 0 aliphatic heterocycles.